The van der Waals surface area contributed by atoms with Gasteiger partial charge in [0.2, 0.25) is 5.43 Å². The largest absolute Gasteiger partial charge is 0.493 e. The fraction of sp³-hybridized carbons (Fsp3) is 0.0667. The average Bonchev–Trinajstić information content (AvgIpc) is 2.60. The van der Waals surface area contributed by atoms with E-state index in [2.05, 4.69) is 0 Å². The van der Waals surface area contributed by atoms with Crippen molar-refractivity contribution in [2.45, 2.75) is 0 Å². The van der Waals surface area contributed by atoms with E-state index < -0.39 is 0 Å². The lowest BCUT2D eigenvalue weighted by Gasteiger charge is -2.00. The molecule has 3 heteroatoms. The second-order valence-electron chi connectivity index (χ2n) is 3.77. The molecule has 2 rings (SSSR count). The highest BCUT2D eigenvalue weighted by Gasteiger charge is 2.06. The van der Waals surface area contributed by atoms with E-state index in [0.29, 0.717) is 16.7 Å². The second kappa shape index (κ2) is 5.27. The van der Waals surface area contributed by atoms with Gasteiger partial charge >= 0.3 is 0 Å². The molecule has 2 aromatic rings. The van der Waals surface area contributed by atoms with Gasteiger partial charge in [-0.2, -0.15) is 0 Å². The fourth-order valence-electron chi connectivity index (χ4n) is 1.75. The van der Waals surface area contributed by atoms with Crippen molar-refractivity contribution in [1.82, 2.24) is 0 Å². The SMILES string of the molecule is COc1ccccc(-c2cccc(C=O)c2)c1=O. The molecule has 0 unspecified atom stereocenters. The van der Waals surface area contributed by atoms with Gasteiger partial charge in [-0.05, 0) is 17.7 Å². The van der Waals surface area contributed by atoms with Crippen LogP contribution >= 0.6 is 0 Å². The summed E-state index contributed by atoms with van der Waals surface area (Å²) in [6, 6.07) is 13.8. The summed E-state index contributed by atoms with van der Waals surface area (Å²) in [7, 11) is 1.46. The van der Waals surface area contributed by atoms with Crippen LogP contribution in [0.3, 0.4) is 0 Å². The Morgan fingerprint density at radius 1 is 1.06 bits per heavy atom. The first-order chi connectivity index (χ1) is 8.76. The van der Waals surface area contributed by atoms with Gasteiger partial charge in [-0.3, -0.25) is 9.59 Å². The highest BCUT2D eigenvalue weighted by atomic mass is 16.5. The van der Waals surface area contributed by atoms with Crippen molar-refractivity contribution in [3.05, 3.63) is 64.3 Å². The third kappa shape index (κ3) is 2.30. The van der Waals surface area contributed by atoms with Gasteiger partial charge < -0.3 is 4.74 Å². The zero-order valence-corrected chi connectivity index (χ0v) is 9.92. The summed E-state index contributed by atoms with van der Waals surface area (Å²) in [5.74, 6) is 0.284. The van der Waals surface area contributed by atoms with E-state index in [1.54, 1.807) is 48.5 Å². The van der Waals surface area contributed by atoms with Gasteiger partial charge in [-0.1, -0.05) is 36.4 Å². The Kier molecular flexibility index (Phi) is 3.53. The van der Waals surface area contributed by atoms with Crippen molar-refractivity contribution in [3.63, 3.8) is 0 Å². The minimum atomic E-state index is -0.189. The van der Waals surface area contributed by atoms with Gasteiger partial charge in [0.1, 0.15) is 6.29 Å². The summed E-state index contributed by atoms with van der Waals surface area (Å²) in [6.07, 6.45) is 0.758. The molecule has 0 N–H and O–H groups in total. The quantitative estimate of drug-likeness (QED) is 0.774. The number of carbonyl (C=O) groups is 1. The van der Waals surface area contributed by atoms with Crippen LogP contribution in [0.25, 0.3) is 11.1 Å². The molecule has 0 aromatic heterocycles. The predicted octanol–water partition coefficient (Wildman–Crippen LogP) is 2.53. The van der Waals surface area contributed by atoms with Crippen LogP contribution in [0.5, 0.6) is 5.75 Å². The Morgan fingerprint density at radius 3 is 2.56 bits per heavy atom. The summed E-state index contributed by atoms with van der Waals surface area (Å²) >= 11 is 0. The third-order valence-electron chi connectivity index (χ3n) is 2.64. The molecule has 2 aromatic carbocycles. The van der Waals surface area contributed by atoms with E-state index in [1.165, 1.54) is 7.11 Å². The number of benzene rings is 1. The lowest BCUT2D eigenvalue weighted by Crippen LogP contribution is -2.05. The van der Waals surface area contributed by atoms with E-state index >= 15 is 0 Å². The highest BCUT2D eigenvalue weighted by molar-refractivity contribution is 5.78. The molecular formula is C15H12O3. The number of aldehydes is 1. The lowest BCUT2D eigenvalue weighted by molar-refractivity contribution is 0.112. The Labute approximate surface area is 105 Å². The van der Waals surface area contributed by atoms with Crippen LogP contribution in [0.1, 0.15) is 10.4 Å². The van der Waals surface area contributed by atoms with Crippen molar-refractivity contribution in [2.75, 3.05) is 7.11 Å². The van der Waals surface area contributed by atoms with E-state index in [9.17, 15) is 9.59 Å². The van der Waals surface area contributed by atoms with E-state index in [-0.39, 0.29) is 11.2 Å². The van der Waals surface area contributed by atoms with Crippen LogP contribution in [-0.2, 0) is 0 Å². The fourth-order valence-corrected chi connectivity index (χ4v) is 1.75. The maximum absolute atomic E-state index is 12.2. The van der Waals surface area contributed by atoms with Crippen LogP contribution in [-0.4, -0.2) is 13.4 Å². The van der Waals surface area contributed by atoms with Crippen LogP contribution in [0.2, 0.25) is 0 Å². The summed E-state index contributed by atoms with van der Waals surface area (Å²) < 4.78 is 5.04. The van der Waals surface area contributed by atoms with Gasteiger partial charge in [-0.25, -0.2) is 0 Å². The zero-order valence-electron chi connectivity index (χ0n) is 9.92. The minimum absolute atomic E-state index is 0.189. The van der Waals surface area contributed by atoms with E-state index in [0.717, 1.165) is 6.29 Å². The van der Waals surface area contributed by atoms with Gasteiger partial charge in [-0.15, -0.1) is 0 Å². The Balaban J connectivity index is 2.68. The molecule has 18 heavy (non-hydrogen) atoms. The number of hydrogen-bond donors (Lipinski definition) is 0. The second-order valence-corrected chi connectivity index (χ2v) is 3.77. The monoisotopic (exact) mass is 240 g/mol. The summed E-state index contributed by atoms with van der Waals surface area (Å²) in [5, 5.41) is 0. The van der Waals surface area contributed by atoms with Crippen molar-refractivity contribution in [1.29, 1.82) is 0 Å². The van der Waals surface area contributed by atoms with Gasteiger partial charge in [0.15, 0.2) is 5.75 Å². The minimum Gasteiger partial charge on any atom is -0.493 e. The number of rotatable bonds is 3. The highest BCUT2D eigenvalue weighted by Crippen LogP contribution is 2.17. The standard InChI is InChI=1S/C15H12O3/c1-18-14-8-3-2-7-13(15(14)17)12-6-4-5-11(9-12)10-16/h2-10H,1H3. The molecule has 0 radical (unpaired) electrons. The number of hydrogen-bond acceptors (Lipinski definition) is 3. The topological polar surface area (TPSA) is 43.4 Å². The molecule has 0 aliphatic rings. The molecule has 0 bridgehead atoms. The van der Waals surface area contributed by atoms with Gasteiger partial charge in [0, 0.05) is 11.1 Å². The maximum atomic E-state index is 12.2. The summed E-state index contributed by atoms with van der Waals surface area (Å²) in [5.41, 5.74) is 1.57. The molecular weight excluding hydrogens is 228 g/mol. The average molecular weight is 240 g/mol. The molecule has 90 valence electrons. The molecule has 0 aliphatic heterocycles. The van der Waals surface area contributed by atoms with Gasteiger partial charge in [0.05, 0.1) is 7.11 Å². The molecule has 0 spiro atoms. The smallest absolute Gasteiger partial charge is 0.228 e. The number of methoxy groups -OCH3 is 1. The zero-order chi connectivity index (χ0) is 13.0. The van der Waals surface area contributed by atoms with Crippen molar-refractivity contribution >= 4 is 6.29 Å². The van der Waals surface area contributed by atoms with Crippen LogP contribution < -0.4 is 10.2 Å². The Hall–Kier alpha value is -2.42. The third-order valence-corrected chi connectivity index (χ3v) is 2.64. The number of carbonyl (C=O) groups excluding carboxylic acids is 1. The summed E-state index contributed by atoms with van der Waals surface area (Å²) in [6.45, 7) is 0. The first-order valence-electron chi connectivity index (χ1n) is 5.49. The van der Waals surface area contributed by atoms with Crippen molar-refractivity contribution in [3.8, 4) is 16.9 Å². The molecule has 0 aliphatic carbocycles. The molecule has 0 saturated heterocycles. The van der Waals surface area contributed by atoms with Crippen LogP contribution in [0.4, 0.5) is 0 Å². The van der Waals surface area contributed by atoms with Crippen LogP contribution in [0, 0.1) is 0 Å². The molecule has 0 heterocycles. The van der Waals surface area contributed by atoms with E-state index in [1.807, 2.05) is 0 Å². The van der Waals surface area contributed by atoms with E-state index in [4.69, 9.17) is 4.74 Å². The van der Waals surface area contributed by atoms with Crippen molar-refractivity contribution in [2.24, 2.45) is 0 Å². The molecule has 0 saturated carbocycles. The first-order valence-corrected chi connectivity index (χ1v) is 5.49. The molecule has 3 nitrogen and oxygen atoms in total. The van der Waals surface area contributed by atoms with Crippen LogP contribution in [0.15, 0.2) is 53.3 Å². The lowest BCUT2D eigenvalue weighted by atomic mass is 10.0. The molecule has 0 fully saturated rings. The van der Waals surface area contributed by atoms with Crippen molar-refractivity contribution < 1.29 is 9.53 Å². The molecule has 0 atom stereocenters. The Bertz CT molecular complexity index is 633. The normalized spacial score (nSPS) is 9.83. The number of ether oxygens (including phenoxy) is 1. The molecule has 0 amide bonds. The Morgan fingerprint density at radius 2 is 1.83 bits per heavy atom. The summed E-state index contributed by atoms with van der Waals surface area (Å²) in [4.78, 5) is 22.9. The first kappa shape index (κ1) is 12.0. The maximum Gasteiger partial charge on any atom is 0.228 e. The van der Waals surface area contributed by atoms with Gasteiger partial charge in [0.25, 0.3) is 0 Å². The predicted molar refractivity (Wildman–Crippen MR) is 70.1 cm³/mol.